The molecule has 0 radical (unpaired) electrons. The Kier molecular flexibility index (Phi) is 8.63. The Morgan fingerprint density at radius 1 is 0.800 bits per heavy atom. The first-order chi connectivity index (χ1) is 16.8. The van der Waals surface area contributed by atoms with E-state index in [0.29, 0.717) is 30.2 Å². The number of nitrogens with zero attached hydrogens (tertiary/aromatic N) is 2. The molecule has 35 heavy (non-hydrogen) atoms. The fourth-order valence-electron chi connectivity index (χ4n) is 4.01. The summed E-state index contributed by atoms with van der Waals surface area (Å²) in [5.74, 6) is -2.58. The highest BCUT2D eigenvalue weighted by molar-refractivity contribution is 6.27. The third-order valence-corrected chi connectivity index (χ3v) is 5.75. The van der Waals surface area contributed by atoms with Crippen molar-refractivity contribution in [3.05, 3.63) is 71.8 Å². The van der Waals surface area contributed by atoms with Crippen LogP contribution in [0.4, 0.5) is 0 Å². The van der Waals surface area contributed by atoms with E-state index < -0.39 is 11.9 Å². The van der Waals surface area contributed by atoms with E-state index in [-0.39, 0.29) is 5.91 Å². The summed E-state index contributed by atoms with van der Waals surface area (Å²) >= 11 is 0. The van der Waals surface area contributed by atoms with Crippen molar-refractivity contribution in [3.63, 3.8) is 0 Å². The third kappa shape index (κ3) is 6.27. The fraction of sp³-hybridized carbons (Fsp3) is 0.269. The third-order valence-electron chi connectivity index (χ3n) is 5.75. The van der Waals surface area contributed by atoms with Crippen molar-refractivity contribution in [2.75, 3.05) is 40.4 Å². The predicted octanol–water partition coefficient (Wildman–Crippen LogP) is 2.97. The number of rotatable bonds is 5. The van der Waals surface area contributed by atoms with Gasteiger partial charge in [0.1, 0.15) is 0 Å². The second kappa shape index (κ2) is 11.8. The molecule has 1 heterocycles. The Hall–Kier alpha value is -4.11. The van der Waals surface area contributed by atoms with Crippen LogP contribution in [0.5, 0.6) is 11.5 Å². The number of carboxylic acids is 2. The number of carbonyl (C=O) groups is 3. The lowest BCUT2D eigenvalue weighted by molar-refractivity contribution is -0.159. The number of fused-ring (bicyclic) bond motifs is 1. The summed E-state index contributed by atoms with van der Waals surface area (Å²) in [6, 6.07) is 20.4. The summed E-state index contributed by atoms with van der Waals surface area (Å²) in [4.78, 5) is 35.6. The minimum Gasteiger partial charge on any atom is -0.493 e. The van der Waals surface area contributed by atoms with E-state index in [4.69, 9.17) is 29.3 Å². The van der Waals surface area contributed by atoms with Gasteiger partial charge in [-0.15, -0.1) is 0 Å². The molecule has 2 N–H and O–H groups in total. The molecule has 1 aliphatic rings. The Bertz CT molecular complexity index is 1190. The van der Waals surface area contributed by atoms with Gasteiger partial charge in [0.2, 0.25) is 0 Å². The van der Waals surface area contributed by atoms with Gasteiger partial charge in [0.25, 0.3) is 5.91 Å². The van der Waals surface area contributed by atoms with E-state index in [2.05, 4.69) is 47.4 Å². The van der Waals surface area contributed by atoms with E-state index in [0.717, 1.165) is 19.6 Å². The molecular weight excluding hydrogens is 452 g/mol. The van der Waals surface area contributed by atoms with Gasteiger partial charge < -0.3 is 24.6 Å². The second-order valence-electron chi connectivity index (χ2n) is 7.86. The molecule has 0 aromatic heterocycles. The summed E-state index contributed by atoms with van der Waals surface area (Å²) in [7, 11) is 3.15. The Balaban J connectivity index is 0.000000509. The predicted molar refractivity (Wildman–Crippen MR) is 130 cm³/mol. The monoisotopic (exact) mass is 480 g/mol. The van der Waals surface area contributed by atoms with E-state index in [9.17, 15) is 4.79 Å². The van der Waals surface area contributed by atoms with Crippen molar-refractivity contribution in [1.29, 1.82) is 0 Å². The van der Waals surface area contributed by atoms with Crippen LogP contribution in [0.2, 0.25) is 0 Å². The number of piperazine rings is 1. The smallest absolute Gasteiger partial charge is 0.414 e. The lowest BCUT2D eigenvalue weighted by Crippen LogP contribution is -2.48. The number of para-hydroxylation sites is 1. The molecule has 0 atom stereocenters. The highest BCUT2D eigenvalue weighted by Crippen LogP contribution is 2.31. The van der Waals surface area contributed by atoms with Gasteiger partial charge in [0, 0.05) is 32.7 Å². The van der Waals surface area contributed by atoms with E-state index in [1.807, 2.05) is 11.0 Å². The number of ether oxygens (including phenoxy) is 2. The lowest BCUT2D eigenvalue weighted by Gasteiger charge is -2.35. The molecule has 0 aliphatic carbocycles. The normalized spacial score (nSPS) is 13.5. The van der Waals surface area contributed by atoms with E-state index >= 15 is 0 Å². The Morgan fingerprint density at radius 2 is 1.43 bits per heavy atom. The van der Waals surface area contributed by atoms with Gasteiger partial charge in [-0.3, -0.25) is 9.69 Å². The van der Waals surface area contributed by atoms with Gasteiger partial charge in [-0.05, 0) is 28.5 Å². The summed E-state index contributed by atoms with van der Waals surface area (Å²) in [6.07, 6.45) is 0. The van der Waals surface area contributed by atoms with Crippen LogP contribution in [0.25, 0.3) is 10.8 Å². The zero-order valence-corrected chi connectivity index (χ0v) is 19.6. The molecule has 0 bridgehead atoms. The number of hydrogen-bond acceptors (Lipinski definition) is 6. The molecule has 1 amide bonds. The van der Waals surface area contributed by atoms with Crippen LogP contribution in [0.15, 0.2) is 60.7 Å². The topological polar surface area (TPSA) is 117 Å². The van der Waals surface area contributed by atoms with Crippen LogP contribution in [-0.4, -0.2) is 78.3 Å². The molecule has 1 saturated heterocycles. The van der Waals surface area contributed by atoms with Crippen LogP contribution in [-0.2, 0) is 16.1 Å². The van der Waals surface area contributed by atoms with Gasteiger partial charge >= 0.3 is 11.9 Å². The highest BCUT2D eigenvalue weighted by atomic mass is 16.5. The number of carbonyl (C=O) groups excluding carboxylic acids is 1. The van der Waals surface area contributed by atoms with Crippen LogP contribution >= 0.6 is 0 Å². The standard InChI is InChI=1S/C24H26N2O3.C2H2O4/c1-28-22-12-6-11-21(23(22)29-2)24(27)26-15-13-25(14-16-26)17-19-9-5-8-18-7-3-4-10-20(18)19;3-1(4)2(5)6/h3-12H,13-17H2,1-2H3;(H,3,4)(H,5,6). The maximum atomic E-state index is 13.1. The van der Waals surface area contributed by atoms with Crippen molar-refractivity contribution in [2.45, 2.75) is 6.54 Å². The van der Waals surface area contributed by atoms with Crippen LogP contribution in [0, 0.1) is 0 Å². The zero-order chi connectivity index (χ0) is 25.4. The number of aliphatic carboxylic acids is 2. The van der Waals surface area contributed by atoms with Gasteiger partial charge in [-0.2, -0.15) is 0 Å². The maximum absolute atomic E-state index is 13.1. The maximum Gasteiger partial charge on any atom is 0.414 e. The lowest BCUT2D eigenvalue weighted by atomic mass is 10.0. The first-order valence-corrected chi connectivity index (χ1v) is 11.0. The van der Waals surface area contributed by atoms with Crippen molar-refractivity contribution >= 4 is 28.6 Å². The van der Waals surface area contributed by atoms with Crippen molar-refractivity contribution < 1.29 is 34.1 Å². The van der Waals surface area contributed by atoms with Crippen molar-refractivity contribution in [3.8, 4) is 11.5 Å². The van der Waals surface area contributed by atoms with Crippen LogP contribution < -0.4 is 9.47 Å². The largest absolute Gasteiger partial charge is 0.493 e. The average Bonchev–Trinajstić information content (AvgIpc) is 2.88. The fourth-order valence-corrected chi connectivity index (χ4v) is 4.01. The SMILES string of the molecule is COc1cccc(C(=O)N2CCN(Cc3cccc4ccccc34)CC2)c1OC.O=C(O)C(=O)O. The molecule has 1 fully saturated rings. The molecule has 184 valence electrons. The second-order valence-corrected chi connectivity index (χ2v) is 7.86. The van der Waals surface area contributed by atoms with Gasteiger partial charge in [-0.1, -0.05) is 48.5 Å². The molecule has 0 unspecified atom stereocenters. The Morgan fingerprint density at radius 3 is 2.06 bits per heavy atom. The van der Waals surface area contributed by atoms with Gasteiger partial charge in [0.05, 0.1) is 19.8 Å². The molecule has 0 saturated carbocycles. The molecule has 9 heteroatoms. The minimum absolute atomic E-state index is 0.00874. The van der Waals surface area contributed by atoms with Gasteiger partial charge in [0.15, 0.2) is 11.5 Å². The zero-order valence-electron chi connectivity index (χ0n) is 19.6. The molecule has 0 spiro atoms. The van der Waals surface area contributed by atoms with Crippen molar-refractivity contribution in [2.24, 2.45) is 0 Å². The number of hydrogen-bond donors (Lipinski definition) is 2. The van der Waals surface area contributed by atoms with Crippen LogP contribution in [0.1, 0.15) is 15.9 Å². The highest BCUT2D eigenvalue weighted by Gasteiger charge is 2.25. The molecule has 3 aromatic rings. The number of benzene rings is 3. The summed E-state index contributed by atoms with van der Waals surface area (Å²) in [5.41, 5.74) is 1.88. The number of carboxylic acid groups (broad SMARTS) is 2. The van der Waals surface area contributed by atoms with E-state index in [1.54, 1.807) is 26.4 Å². The molecule has 9 nitrogen and oxygen atoms in total. The van der Waals surface area contributed by atoms with Gasteiger partial charge in [-0.25, -0.2) is 9.59 Å². The minimum atomic E-state index is -1.82. The first kappa shape index (κ1) is 25.5. The average molecular weight is 481 g/mol. The van der Waals surface area contributed by atoms with Crippen molar-refractivity contribution in [1.82, 2.24) is 9.80 Å². The quantitative estimate of drug-likeness (QED) is 0.536. The number of methoxy groups -OCH3 is 2. The Labute approximate surface area is 203 Å². The molecule has 4 rings (SSSR count). The number of amides is 1. The summed E-state index contributed by atoms with van der Waals surface area (Å²) in [5, 5.41) is 17.4. The summed E-state index contributed by atoms with van der Waals surface area (Å²) < 4.78 is 10.8. The van der Waals surface area contributed by atoms with E-state index in [1.165, 1.54) is 16.3 Å². The van der Waals surface area contributed by atoms with Crippen LogP contribution in [0.3, 0.4) is 0 Å². The summed E-state index contributed by atoms with van der Waals surface area (Å²) in [6.45, 7) is 3.99. The molecular formula is C26H28N2O7. The molecule has 3 aromatic carbocycles. The first-order valence-electron chi connectivity index (χ1n) is 11.0. The molecule has 1 aliphatic heterocycles.